The van der Waals surface area contributed by atoms with Crippen LogP contribution in [0, 0.1) is 5.92 Å². The predicted molar refractivity (Wildman–Crippen MR) is 74.2 cm³/mol. The highest BCUT2D eigenvalue weighted by molar-refractivity contribution is 7.89. The maximum absolute atomic E-state index is 12.2. The molecule has 0 bridgehead atoms. The van der Waals surface area contributed by atoms with Gasteiger partial charge < -0.3 is 5.11 Å². The highest BCUT2D eigenvalue weighted by atomic mass is 32.2. The van der Waals surface area contributed by atoms with Gasteiger partial charge in [-0.15, -0.1) is 0 Å². The summed E-state index contributed by atoms with van der Waals surface area (Å²) in [4.78, 5) is 0.227. The van der Waals surface area contributed by atoms with E-state index in [0.29, 0.717) is 17.9 Å². The van der Waals surface area contributed by atoms with Crippen LogP contribution >= 0.6 is 0 Å². The van der Waals surface area contributed by atoms with Crippen molar-refractivity contribution in [1.82, 2.24) is 4.72 Å². The molecule has 106 valence electrons. The Morgan fingerprint density at radius 3 is 2.68 bits per heavy atom. The van der Waals surface area contributed by atoms with E-state index in [4.69, 9.17) is 0 Å². The van der Waals surface area contributed by atoms with E-state index in [0.717, 1.165) is 12.8 Å². The molecule has 2 unspecified atom stereocenters. The van der Waals surface area contributed by atoms with Gasteiger partial charge in [-0.05, 0) is 49.8 Å². The van der Waals surface area contributed by atoms with E-state index < -0.39 is 16.1 Å². The molecule has 0 heterocycles. The SMILES string of the molecule is CCC(O)c1cccc(S(=O)(=O)NC(C)C2CC2)c1. The zero-order chi connectivity index (χ0) is 14.0. The van der Waals surface area contributed by atoms with E-state index in [1.807, 2.05) is 13.8 Å². The lowest BCUT2D eigenvalue weighted by atomic mass is 10.1. The maximum Gasteiger partial charge on any atom is 0.240 e. The lowest BCUT2D eigenvalue weighted by molar-refractivity contribution is 0.173. The molecular weight excluding hydrogens is 262 g/mol. The molecule has 5 heteroatoms. The third-order valence-corrected chi connectivity index (χ3v) is 5.17. The zero-order valence-electron chi connectivity index (χ0n) is 11.3. The third kappa shape index (κ3) is 3.55. The first-order valence-corrected chi connectivity index (χ1v) is 8.22. The number of benzene rings is 1. The summed E-state index contributed by atoms with van der Waals surface area (Å²) in [5.74, 6) is 0.471. The van der Waals surface area contributed by atoms with E-state index >= 15 is 0 Å². The molecule has 1 aliphatic carbocycles. The number of rotatable bonds is 6. The Kier molecular flexibility index (Phi) is 4.28. The van der Waals surface area contributed by atoms with Gasteiger partial charge in [-0.2, -0.15) is 0 Å². The van der Waals surface area contributed by atoms with Crippen LogP contribution in [-0.2, 0) is 10.0 Å². The minimum Gasteiger partial charge on any atom is -0.388 e. The fraction of sp³-hybridized carbons (Fsp3) is 0.571. The van der Waals surface area contributed by atoms with Crippen molar-refractivity contribution in [3.63, 3.8) is 0 Å². The number of hydrogen-bond acceptors (Lipinski definition) is 3. The van der Waals surface area contributed by atoms with Crippen LogP contribution in [0.4, 0.5) is 0 Å². The highest BCUT2D eigenvalue weighted by Gasteiger charge is 2.31. The molecule has 0 saturated heterocycles. The summed E-state index contributed by atoms with van der Waals surface area (Å²) in [6.45, 7) is 3.76. The quantitative estimate of drug-likeness (QED) is 0.841. The van der Waals surface area contributed by atoms with E-state index in [1.165, 1.54) is 0 Å². The summed E-state index contributed by atoms with van der Waals surface area (Å²) < 4.78 is 27.2. The van der Waals surface area contributed by atoms with Crippen molar-refractivity contribution in [3.8, 4) is 0 Å². The van der Waals surface area contributed by atoms with Gasteiger partial charge >= 0.3 is 0 Å². The van der Waals surface area contributed by atoms with Crippen molar-refractivity contribution in [2.24, 2.45) is 5.92 Å². The normalized spacial score (nSPS) is 19.1. The van der Waals surface area contributed by atoms with Gasteiger partial charge in [0.25, 0.3) is 0 Å². The van der Waals surface area contributed by atoms with Gasteiger partial charge in [0.1, 0.15) is 0 Å². The number of sulfonamides is 1. The highest BCUT2D eigenvalue weighted by Crippen LogP contribution is 2.33. The predicted octanol–water partition coefficient (Wildman–Crippen LogP) is 2.21. The molecule has 4 nitrogen and oxygen atoms in total. The first-order chi connectivity index (χ1) is 8.94. The van der Waals surface area contributed by atoms with Gasteiger partial charge in [0.05, 0.1) is 11.0 Å². The zero-order valence-corrected chi connectivity index (χ0v) is 12.2. The van der Waals surface area contributed by atoms with Gasteiger partial charge in [-0.25, -0.2) is 13.1 Å². The average Bonchev–Trinajstić information content (AvgIpc) is 3.21. The van der Waals surface area contributed by atoms with Gasteiger partial charge in [0.2, 0.25) is 10.0 Å². The second kappa shape index (κ2) is 5.61. The lowest BCUT2D eigenvalue weighted by Crippen LogP contribution is -2.34. The Hall–Kier alpha value is -0.910. The van der Waals surface area contributed by atoms with Crippen molar-refractivity contribution in [2.45, 2.75) is 50.2 Å². The Morgan fingerprint density at radius 1 is 1.42 bits per heavy atom. The van der Waals surface area contributed by atoms with Crippen LogP contribution in [0.5, 0.6) is 0 Å². The molecule has 19 heavy (non-hydrogen) atoms. The number of hydrogen-bond donors (Lipinski definition) is 2. The van der Waals surface area contributed by atoms with Crippen molar-refractivity contribution in [1.29, 1.82) is 0 Å². The average molecular weight is 283 g/mol. The molecule has 0 amide bonds. The molecule has 1 fully saturated rings. The van der Waals surface area contributed by atoms with Gasteiger partial charge in [-0.3, -0.25) is 0 Å². The molecule has 0 radical (unpaired) electrons. The maximum atomic E-state index is 12.2. The van der Waals surface area contributed by atoms with Crippen LogP contribution in [0.15, 0.2) is 29.2 Å². The van der Waals surface area contributed by atoms with E-state index in [1.54, 1.807) is 24.3 Å². The molecule has 0 aromatic heterocycles. The van der Waals surface area contributed by atoms with Crippen LogP contribution < -0.4 is 4.72 Å². The number of aliphatic hydroxyl groups is 1. The standard InChI is InChI=1S/C14H21NO3S/c1-3-14(16)12-5-4-6-13(9-12)19(17,18)15-10(2)11-7-8-11/h4-6,9-11,14-16H,3,7-8H2,1-2H3. The molecule has 1 aromatic rings. The first-order valence-electron chi connectivity index (χ1n) is 6.74. The van der Waals surface area contributed by atoms with Gasteiger partial charge in [0, 0.05) is 6.04 Å². The molecular formula is C14H21NO3S. The minimum absolute atomic E-state index is 0.0234. The van der Waals surface area contributed by atoms with Crippen LogP contribution in [-0.4, -0.2) is 19.6 Å². The Labute approximate surface area is 114 Å². The molecule has 2 atom stereocenters. The molecule has 1 aliphatic rings. The monoisotopic (exact) mass is 283 g/mol. The van der Waals surface area contributed by atoms with Crippen LogP contribution in [0.1, 0.15) is 44.8 Å². The summed E-state index contributed by atoms with van der Waals surface area (Å²) >= 11 is 0. The van der Waals surface area contributed by atoms with Crippen LogP contribution in [0.25, 0.3) is 0 Å². The Balaban J connectivity index is 2.19. The van der Waals surface area contributed by atoms with Crippen molar-refractivity contribution < 1.29 is 13.5 Å². The lowest BCUT2D eigenvalue weighted by Gasteiger charge is -2.15. The molecule has 2 rings (SSSR count). The first kappa shape index (κ1) is 14.5. The number of nitrogens with one attached hydrogen (secondary N) is 1. The van der Waals surface area contributed by atoms with E-state index in [2.05, 4.69) is 4.72 Å². The summed E-state index contributed by atoms with van der Waals surface area (Å²) in [5, 5.41) is 9.78. The van der Waals surface area contributed by atoms with E-state index in [9.17, 15) is 13.5 Å². The largest absolute Gasteiger partial charge is 0.388 e. The van der Waals surface area contributed by atoms with E-state index in [-0.39, 0.29) is 10.9 Å². The van der Waals surface area contributed by atoms with Crippen molar-refractivity contribution in [2.75, 3.05) is 0 Å². The topological polar surface area (TPSA) is 66.4 Å². The second-order valence-corrected chi connectivity index (χ2v) is 6.96. The number of aliphatic hydroxyl groups excluding tert-OH is 1. The van der Waals surface area contributed by atoms with Crippen LogP contribution in [0.2, 0.25) is 0 Å². The summed E-state index contributed by atoms with van der Waals surface area (Å²) in [6.07, 6.45) is 2.14. The smallest absolute Gasteiger partial charge is 0.240 e. The molecule has 0 spiro atoms. The molecule has 2 N–H and O–H groups in total. The minimum atomic E-state index is -3.49. The van der Waals surface area contributed by atoms with Crippen molar-refractivity contribution >= 4 is 10.0 Å². The van der Waals surface area contributed by atoms with Crippen molar-refractivity contribution in [3.05, 3.63) is 29.8 Å². The van der Waals surface area contributed by atoms with Crippen LogP contribution in [0.3, 0.4) is 0 Å². The molecule has 1 aromatic carbocycles. The van der Waals surface area contributed by atoms with Gasteiger partial charge in [0.15, 0.2) is 0 Å². The fourth-order valence-corrected chi connectivity index (χ4v) is 3.50. The summed E-state index contributed by atoms with van der Waals surface area (Å²) in [7, 11) is -3.49. The summed E-state index contributed by atoms with van der Waals surface area (Å²) in [6, 6.07) is 6.51. The molecule has 1 saturated carbocycles. The second-order valence-electron chi connectivity index (χ2n) is 5.24. The fourth-order valence-electron chi connectivity index (χ4n) is 2.13. The Bertz CT molecular complexity index is 537. The Morgan fingerprint density at radius 2 is 2.11 bits per heavy atom. The third-order valence-electron chi connectivity index (χ3n) is 3.61. The molecule has 0 aliphatic heterocycles. The summed E-state index contributed by atoms with van der Waals surface area (Å²) in [5.41, 5.74) is 0.643. The van der Waals surface area contributed by atoms with Gasteiger partial charge in [-0.1, -0.05) is 19.1 Å².